The van der Waals surface area contributed by atoms with Crippen molar-refractivity contribution < 1.29 is 15.1 Å². The maximum Gasteiger partial charge on any atom is 0.291 e. The first-order valence-corrected chi connectivity index (χ1v) is 2.93. The maximum absolute atomic E-state index is 10.3. The van der Waals surface area contributed by atoms with E-state index in [1.807, 2.05) is 0 Å². The summed E-state index contributed by atoms with van der Waals surface area (Å²) in [6, 6.07) is 0. The summed E-state index contributed by atoms with van der Waals surface area (Å²) in [6.07, 6.45) is 4.22. The number of rotatable bonds is 1. The fourth-order valence-electron chi connectivity index (χ4n) is 0.426. The third-order valence-corrected chi connectivity index (χ3v) is 0.816. The topological polar surface area (TPSA) is 132 Å². The largest absolute Gasteiger partial charge is 0.364 e. The van der Waals surface area contributed by atoms with E-state index < -0.39 is 11.0 Å². The van der Waals surface area contributed by atoms with Crippen LogP contribution in [0.2, 0.25) is 0 Å². The fraction of sp³-hybridized carbons (Fsp3) is 0. The zero-order chi connectivity index (χ0) is 10.3. The molecule has 8 heteroatoms. The Hall–Kier alpha value is -2.25. The highest BCUT2D eigenvalue weighted by molar-refractivity contribution is 5.90. The van der Waals surface area contributed by atoms with Crippen molar-refractivity contribution in [1.29, 1.82) is 0 Å². The van der Waals surface area contributed by atoms with Gasteiger partial charge in [-0.2, -0.15) is 0 Å². The number of carbonyl (C=O) groups excluding carboxylic acids is 1. The standard InChI is InChI=1S/C5H5N3O.HNO3/c6-5(9)4-3-7-1-2-8-4;2-1(3)4/h1-3H,(H2,6,9);(H,2,3,4). The molecule has 8 nitrogen and oxygen atoms in total. The lowest BCUT2D eigenvalue weighted by Crippen LogP contribution is -2.12. The van der Waals surface area contributed by atoms with Gasteiger partial charge in [-0.15, -0.1) is 10.1 Å². The molecule has 1 aromatic rings. The van der Waals surface area contributed by atoms with Gasteiger partial charge in [0.15, 0.2) is 0 Å². The predicted molar refractivity (Wildman–Crippen MR) is 39.3 cm³/mol. The van der Waals surface area contributed by atoms with E-state index in [0.29, 0.717) is 0 Å². The van der Waals surface area contributed by atoms with Crippen LogP contribution in [0.4, 0.5) is 0 Å². The zero-order valence-electron chi connectivity index (χ0n) is 6.32. The molecule has 0 radical (unpaired) electrons. The highest BCUT2D eigenvalue weighted by Gasteiger charge is 1.97. The highest BCUT2D eigenvalue weighted by Crippen LogP contribution is 1.84. The van der Waals surface area contributed by atoms with E-state index in [1.165, 1.54) is 18.6 Å². The number of aromatic nitrogens is 2. The van der Waals surface area contributed by atoms with Crippen molar-refractivity contribution >= 4 is 5.91 Å². The Kier molecular flexibility index (Phi) is 4.47. The smallest absolute Gasteiger partial charge is 0.291 e. The van der Waals surface area contributed by atoms with Gasteiger partial charge in [-0.3, -0.25) is 9.78 Å². The number of primary amides is 1. The molecule has 0 aromatic carbocycles. The summed E-state index contributed by atoms with van der Waals surface area (Å²) < 4.78 is 0. The molecule has 1 rings (SSSR count). The SMILES string of the molecule is NC(=O)c1cnccn1.O=[N+]([O-])O. The Bertz CT molecular complexity index is 284. The first kappa shape index (κ1) is 10.8. The second-order valence-corrected chi connectivity index (χ2v) is 1.69. The third-order valence-electron chi connectivity index (χ3n) is 0.816. The number of hydrogen-bond acceptors (Lipinski definition) is 5. The molecule has 0 aliphatic carbocycles. The van der Waals surface area contributed by atoms with Crippen LogP contribution in [-0.2, 0) is 0 Å². The molecule has 0 saturated carbocycles. The quantitative estimate of drug-likeness (QED) is 0.437. The predicted octanol–water partition coefficient (Wildman–Crippen LogP) is -0.772. The van der Waals surface area contributed by atoms with E-state index in [-0.39, 0.29) is 5.69 Å². The average Bonchev–Trinajstić information content (AvgIpc) is 2.05. The molecule has 1 heterocycles. The van der Waals surface area contributed by atoms with Crippen molar-refractivity contribution in [3.05, 3.63) is 34.4 Å². The summed E-state index contributed by atoms with van der Waals surface area (Å²) in [6.45, 7) is 0. The summed E-state index contributed by atoms with van der Waals surface area (Å²) in [4.78, 5) is 26.0. The minimum atomic E-state index is -1.50. The van der Waals surface area contributed by atoms with Crippen LogP contribution in [-0.4, -0.2) is 26.2 Å². The van der Waals surface area contributed by atoms with E-state index in [2.05, 4.69) is 9.97 Å². The van der Waals surface area contributed by atoms with Crippen LogP contribution < -0.4 is 5.73 Å². The van der Waals surface area contributed by atoms with Crippen molar-refractivity contribution in [2.45, 2.75) is 0 Å². The lowest BCUT2D eigenvalue weighted by molar-refractivity contribution is -0.742. The molecular weight excluding hydrogens is 180 g/mol. The van der Waals surface area contributed by atoms with Crippen molar-refractivity contribution in [3.8, 4) is 0 Å². The van der Waals surface area contributed by atoms with Crippen LogP contribution >= 0.6 is 0 Å². The molecule has 0 unspecified atom stereocenters. The van der Waals surface area contributed by atoms with E-state index in [1.54, 1.807) is 0 Å². The van der Waals surface area contributed by atoms with Gasteiger partial charge in [-0.05, 0) is 0 Å². The van der Waals surface area contributed by atoms with Crippen molar-refractivity contribution in [3.63, 3.8) is 0 Å². The Morgan fingerprint density at radius 3 is 2.38 bits per heavy atom. The summed E-state index contributed by atoms with van der Waals surface area (Å²) in [5.41, 5.74) is 5.06. The Morgan fingerprint density at radius 1 is 1.62 bits per heavy atom. The molecule has 3 N–H and O–H groups in total. The summed E-state index contributed by atoms with van der Waals surface area (Å²) in [5.74, 6) is -0.553. The van der Waals surface area contributed by atoms with E-state index in [9.17, 15) is 4.79 Å². The zero-order valence-corrected chi connectivity index (χ0v) is 6.32. The molecule has 0 aliphatic heterocycles. The van der Waals surface area contributed by atoms with E-state index in [4.69, 9.17) is 21.1 Å². The van der Waals surface area contributed by atoms with Gasteiger partial charge in [-0.1, -0.05) is 0 Å². The molecular formula is C5H6N4O4. The summed E-state index contributed by atoms with van der Waals surface area (Å²) in [5, 5.41) is 13.6. The van der Waals surface area contributed by atoms with Crippen molar-refractivity contribution in [1.82, 2.24) is 9.97 Å². The first-order valence-electron chi connectivity index (χ1n) is 2.93. The second-order valence-electron chi connectivity index (χ2n) is 1.69. The molecule has 0 atom stereocenters. The van der Waals surface area contributed by atoms with Gasteiger partial charge in [0.25, 0.3) is 11.0 Å². The van der Waals surface area contributed by atoms with Crippen molar-refractivity contribution in [2.24, 2.45) is 5.73 Å². The molecule has 1 aromatic heterocycles. The molecule has 0 bridgehead atoms. The summed E-state index contributed by atoms with van der Waals surface area (Å²) in [7, 11) is 0. The van der Waals surface area contributed by atoms with Gasteiger partial charge in [0, 0.05) is 12.4 Å². The van der Waals surface area contributed by atoms with Crippen LogP contribution in [0.25, 0.3) is 0 Å². The monoisotopic (exact) mass is 186 g/mol. The number of carbonyl (C=O) groups is 1. The highest BCUT2D eigenvalue weighted by atomic mass is 16.9. The van der Waals surface area contributed by atoms with Gasteiger partial charge in [0.05, 0.1) is 6.20 Å². The molecule has 13 heavy (non-hydrogen) atoms. The van der Waals surface area contributed by atoms with E-state index in [0.717, 1.165) is 0 Å². The number of hydrogen-bond donors (Lipinski definition) is 2. The van der Waals surface area contributed by atoms with Gasteiger partial charge in [0.1, 0.15) is 5.69 Å². The minimum Gasteiger partial charge on any atom is -0.364 e. The molecule has 0 saturated heterocycles. The number of nitrogens with zero attached hydrogens (tertiary/aromatic N) is 3. The van der Waals surface area contributed by atoms with Gasteiger partial charge < -0.3 is 10.9 Å². The normalized spacial score (nSPS) is 8.00. The van der Waals surface area contributed by atoms with Crippen LogP contribution in [0, 0.1) is 10.1 Å². The number of amides is 1. The minimum absolute atomic E-state index is 0.192. The van der Waals surface area contributed by atoms with Crippen LogP contribution in [0.5, 0.6) is 0 Å². The molecule has 0 fully saturated rings. The average molecular weight is 186 g/mol. The fourth-order valence-corrected chi connectivity index (χ4v) is 0.426. The Morgan fingerprint density at radius 2 is 2.15 bits per heavy atom. The van der Waals surface area contributed by atoms with Gasteiger partial charge in [-0.25, -0.2) is 4.98 Å². The molecule has 0 aliphatic rings. The maximum atomic E-state index is 10.3. The Balaban J connectivity index is 0.000000310. The third kappa shape index (κ3) is 6.16. The lowest BCUT2D eigenvalue weighted by Gasteiger charge is -1.87. The lowest BCUT2D eigenvalue weighted by atomic mass is 10.4. The number of nitrogens with two attached hydrogens (primary N) is 1. The molecule has 1 amide bonds. The van der Waals surface area contributed by atoms with Crippen molar-refractivity contribution in [2.75, 3.05) is 0 Å². The molecule has 0 spiro atoms. The summed E-state index contributed by atoms with van der Waals surface area (Å²) >= 11 is 0. The van der Waals surface area contributed by atoms with Gasteiger partial charge in [0.2, 0.25) is 0 Å². The van der Waals surface area contributed by atoms with Gasteiger partial charge >= 0.3 is 0 Å². The Labute approximate surface area is 72.1 Å². The molecule has 70 valence electrons. The first-order chi connectivity index (χ1) is 6.04. The second kappa shape index (κ2) is 5.41. The van der Waals surface area contributed by atoms with Crippen LogP contribution in [0.1, 0.15) is 10.5 Å². The van der Waals surface area contributed by atoms with E-state index >= 15 is 0 Å². The van der Waals surface area contributed by atoms with Crippen LogP contribution in [0.3, 0.4) is 0 Å². The van der Waals surface area contributed by atoms with Crippen LogP contribution in [0.15, 0.2) is 18.6 Å².